The first-order valence-electron chi connectivity index (χ1n) is 7.28. The van der Waals surface area contributed by atoms with E-state index < -0.39 is 0 Å². The van der Waals surface area contributed by atoms with Crippen LogP contribution in [0.25, 0.3) is 0 Å². The average molecular weight is 294 g/mol. The van der Waals surface area contributed by atoms with Gasteiger partial charge in [-0.25, -0.2) is 19.6 Å². The van der Waals surface area contributed by atoms with Gasteiger partial charge in [-0.05, 0) is 37.0 Å². The Balaban J connectivity index is 0.000000690. The first kappa shape index (κ1) is 19.4. The van der Waals surface area contributed by atoms with Crippen LogP contribution in [-0.4, -0.2) is 30.5 Å². The predicted molar refractivity (Wildman–Crippen MR) is 81.6 cm³/mol. The van der Waals surface area contributed by atoms with Crippen LogP contribution in [0.1, 0.15) is 60.3 Å². The van der Waals surface area contributed by atoms with Gasteiger partial charge in [0.2, 0.25) is 12.2 Å². The van der Waals surface area contributed by atoms with Crippen LogP contribution in [0.5, 0.6) is 0 Å². The largest absolute Gasteiger partial charge is 0.300 e. The molecule has 21 heavy (non-hydrogen) atoms. The van der Waals surface area contributed by atoms with Crippen molar-refractivity contribution in [3.63, 3.8) is 0 Å². The highest BCUT2D eigenvalue weighted by Crippen LogP contribution is 2.47. The van der Waals surface area contributed by atoms with Gasteiger partial charge in [0.1, 0.15) is 5.78 Å². The summed E-state index contributed by atoms with van der Waals surface area (Å²) < 4.78 is 0. The normalized spacial score (nSPS) is 26.4. The molecule has 0 N–H and O–H groups in total. The summed E-state index contributed by atoms with van der Waals surface area (Å²) in [6.45, 7) is 10.3. The third-order valence-electron chi connectivity index (χ3n) is 3.68. The highest BCUT2D eigenvalue weighted by atomic mass is 16.1. The molecule has 0 bridgehead atoms. The van der Waals surface area contributed by atoms with E-state index >= 15 is 0 Å². The van der Waals surface area contributed by atoms with Crippen LogP contribution >= 0.6 is 0 Å². The van der Waals surface area contributed by atoms with Crippen LogP contribution in [-0.2, 0) is 14.4 Å². The third-order valence-corrected chi connectivity index (χ3v) is 3.68. The molecule has 0 spiro atoms. The lowest BCUT2D eigenvalue weighted by Crippen LogP contribution is -2.39. The van der Waals surface area contributed by atoms with E-state index in [2.05, 4.69) is 30.8 Å². The molecular weight excluding hydrogens is 268 g/mol. The zero-order valence-corrected chi connectivity index (χ0v) is 13.7. The van der Waals surface area contributed by atoms with E-state index in [0.29, 0.717) is 13.0 Å². The van der Waals surface area contributed by atoms with Crippen LogP contribution in [0.2, 0.25) is 0 Å². The van der Waals surface area contributed by atoms with E-state index in [4.69, 9.17) is 0 Å². The van der Waals surface area contributed by atoms with Crippen LogP contribution in [0.3, 0.4) is 0 Å². The number of carbonyl (C=O) groups excluding carboxylic acids is 3. The summed E-state index contributed by atoms with van der Waals surface area (Å²) in [5.41, 5.74) is 0.0561. The molecule has 1 saturated carbocycles. The summed E-state index contributed by atoms with van der Waals surface area (Å²) in [5, 5.41) is 0. The van der Waals surface area contributed by atoms with Gasteiger partial charge in [0.05, 0.1) is 12.6 Å². The van der Waals surface area contributed by atoms with Crippen molar-refractivity contribution < 1.29 is 14.4 Å². The van der Waals surface area contributed by atoms with E-state index in [0.717, 1.165) is 19.3 Å². The van der Waals surface area contributed by atoms with Gasteiger partial charge in [0, 0.05) is 6.42 Å². The Labute approximate surface area is 126 Å². The second-order valence-corrected chi connectivity index (χ2v) is 6.90. The van der Waals surface area contributed by atoms with Gasteiger partial charge in [0.15, 0.2) is 0 Å². The number of nitrogens with zero attached hydrogens (tertiary/aromatic N) is 2. The SMILES string of the molecule is CC1(C)CC(N=C=O)CC(C)(CN=C=O)C1.CCC(C)=O. The first-order valence-corrected chi connectivity index (χ1v) is 7.28. The molecule has 2 unspecified atom stereocenters. The molecule has 1 fully saturated rings. The number of carbonyl (C=O) groups is 1. The minimum Gasteiger partial charge on any atom is -0.300 e. The van der Waals surface area contributed by atoms with Gasteiger partial charge in [-0.3, -0.25) is 0 Å². The lowest BCUT2D eigenvalue weighted by molar-refractivity contribution is -0.116. The quantitative estimate of drug-likeness (QED) is 0.590. The molecule has 1 rings (SSSR count). The molecule has 0 aromatic rings. The third kappa shape index (κ3) is 8.34. The van der Waals surface area contributed by atoms with E-state index in [9.17, 15) is 14.4 Å². The summed E-state index contributed by atoms with van der Waals surface area (Å²) >= 11 is 0. The molecular formula is C16H26N2O3. The molecule has 118 valence electrons. The minimum atomic E-state index is -0.0653. The monoisotopic (exact) mass is 294 g/mol. The molecule has 2 atom stereocenters. The Morgan fingerprint density at radius 3 is 2.19 bits per heavy atom. The van der Waals surface area contributed by atoms with Crippen LogP contribution < -0.4 is 0 Å². The molecule has 1 aliphatic rings. The second kappa shape index (κ2) is 8.66. The molecule has 0 amide bonds. The molecule has 5 heteroatoms. The summed E-state index contributed by atoms with van der Waals surface area (Å²) in [6, 6.07) is 0.00750. The highest BCUT2D eigenvalue weighted by Gasteiger charge is 2.41. The fraction of sp³-hybridized carbons (Fsp3) is 0.812. The maximum Gasteiger partial charge on any atom is 0.235 e. The summed E-state index contributed by atoms with van der Waals surface area (Å²) in [5.74, 6) is 0.255. The lowest BCUT2D eigenvalue weighted by Gasteiger charge is -2.44. The smallest absolute Gasteiger partial charge is 0.235 e. The Morgan fingerprint density at radius 2 is 1.76 bits per heavy atom. The molecule has 5 nitrogen and oxygen atoms in total. The molecule has 0 aromatic heterocycles. The molecule has 0 heterocycles. The van der Waals surface area contributed by atoms with Gasteiger partial charge in [0.25, 0.3) is 0 Å². The van der Waals surface area contributed by atoms with Crippen molar-refractivity contribution in [3.05, 3.63) is 0 Å². The Bertz CT molecular complexity index is 446. The summed E-state index contributed by atoms with van der Waals surface area (Å²) in [6.07, 6.45) is 6.55. The predicted octanol–water partition coefficient (Wildman–Crippen LogP) is 3.23. The molecule has 0 aliphatic heterocycles. The van der Waals surface area contributed by atoms with Gasteiger partial charge in [-0.1, -0.05) is 27.7 Å². The Kier molecular flexibility index (Phi) is 8.01. The van der Waals surface area contributed by atoms with Crippen LogP contribution in [0.4, 0.5) is 0 Å². The highest BCUT2D eigenvalue weighted by molar-refractivity contribution is 5.74. The standard InChI is InChI=1S/C12H18N2O2.C4H8O/c1-11(2)4-10(14-9-16)5-12(3,6-11)7-13-8-15;1-3-4(2)5/h10H,4-7H2,1-3H3;3H2,1-2H3. The van der Waals surface area contributed by atoms with Crippen molar-refractivity contribution >= 4 is 17.9 Å². The summed E-state index contributed by atoms with van der Waals surface area (Å²) in [7, 11) is 0. The maximum absolute atomic E-state index is 10.3. The van der Waals surface area contributed by atoms with Crippen LogP contribution in [0, 0.1) is 10.8 Å². The Hall–Kier alpha value is -1.57. The van der Waals surface area contributed by atoms with Gasteiger partial charge < -0.3 is 4.79 Å². The van der Waals surface area contributed by atoms with Crippen molar-refractivity contribution in [3.8, 4) is 0 Å². The molecule has 0 saturated heterocycles. The fourth-order valence-electron chi connectivity index (χ4n) is 3.09. The number of isocyanates is 2. The van der Waals surface area contributed by atoms with Crippen LogP contribution in [0.15, 0.2) is 9.98 Å². The number of Topliss-reactive ketones (excluding diaryl/α,β-unsaturated/α-hetero) is 1. The first-order chi connectivity index (χ1) is 9.68. The number of rotatable bonds is 4. The van der Waals surface area contributed by atoms with E-state index in [1.807, 2.05) is 6.92 Å². The average Bonchev–Trinajstić information content (AvgIpc) is 2.35. The van der Waals surface area contributed by atoms with E-state index in [1.165, 1.54) is 0 Å². The van der Waals surface area contributed by atoms with E-state index in [-0.39, 0.29) is 22.7 Å². The second-order valence-electron chi connectivity index (χ2n) is 6.90. The molecule has 1 aliphatic carbocycles. The molecule has 0 aromatic carbocycles. The Morgan fingerprint density at radius 1 is 1.19 bits per heavy atom. The maximum atomic E-state index is 10.3. The number of aliphatic imine (C=N–C) groups is 2. The van der Waals surface area contributed by atoms with Crippen molar-refractivity contribution in [2.45, 2.75) is 66.3 Å². The minimum absolute atomic E-state index is 0.00750. The summed E-state index contributed by atoms with van der Waals surface area (Å²) in [4.78, 5) is 37.8. The van der Waals surface area contributed by atoms with Crippen molar-refractivity contribution in [1.29, 1.82) is 0 Å². The topological polar surface area (TPSA) is 75.9 Å². The van der Waals surface area contributed by atoms with Gasteiger partial charge in [-0.15, -0.1) is 0 Å². The number of hydrogen-bond acceptors (Lipinski definition) is 5. The zero-order valence-electron chi connectivity index (χ0n) is 13.7. The number of hydrogen-bond donors (Lipinski definition) is 0. The molecule has 0 radical (unpaired) electrons. The lowest BCUT2D eigenvalue weighted by atomic mass is 9.63. The van der Waals surface area contributed by atoms with Crippen molar-refractivity contribution in [2.75, 3.05) is 6.54 Å². The van der Waals surface area contributed by atoms with Gasteiger partial charge in [-0.2, -0.15) is 0 Å². The fourth-order valence-corrected chi connectivity index (χ4v) is 3.09. The van der Waals surface area contributed by atoms with Gasteiger partial charge >= 0.3 is 0 Å². The van der Waals surface area contributed by atoms with E-state index in [1.54, 1.807) is 19.1 Å². The van der Waals surface area contributed by atoms with Crippen molar-refractivity contribution in [2.24, 2.45) is 20.8 Å². The van der Waals surface area contributed by atoms with Crippen molar-refractivity contribution in [1.82, 2.24) is 0 Å². The zero-order chi connectivity index (χ0) is 16.5. The number of ketones is 1.